The molecule has 0 N–H and O–H groups in total. The van der Waals surface area contributed by atoms with Crippen LogP contribution in [0, 0.1) is 11.3 Å². The minimum Gasteiger partial charge on any atom is -0.465 e. The second-order valence-corrected chi connectivity index (χ2v) is 3.22. The SMILES string of the molecule is COC(=O)c1c(C(F)F)cnc(C#N)c1CCl. The molecule has 4 nitrogen and oxygen atoms in total. The summed E-state index contributed by atoms with van der Waals surface area (Å²) in [6, 6.07) is 1.68. The van der Waals surface area contributed by atoms with E-state index in [1.165, 1.54) is 0 Å². The van der Waals surface area contributed by atoms with Crippen LogP contribution in [0.25, 0.3) is 0 Å². The fraction of sp³-hybridized carbons (Fsp3) is 0.300. The predicted molar refractivity (Wildman–Crippen MR) is 54.8 cm³/mol. The molecular weight excluding hydrogens is 254 g/mol. The smallest absolute Gasteiger partial charge is 0.338 e. The summed E-state index contributed by atoms with van der Waals surface area (Å²) in [6.07, 6.45) is -2.11. The molecule has 0 saturated carbocycles. The maximum atomic E-state index is 12.7. The molecule has 90 valence electrons. The van der Waals surface area contributed by atoms with Gasteiger partial charge in [-0.15, -0.1) is 11.6 Å². The van der Waals surface area contributed by atoms with Crippen molar-refractivity contribution in [3.05, 3.63) is 28.6 Å². The number of hydrogen-bond donors (Lipinski definition) is 0. The van der Waals surface area contributed by atoms with Gasteiger partial charge in [0.2, 0.25) is 0 Å². The normalized spacial score (nSPS) is 10.1. The van der Waals surface area contributed by atoms with Crippen LogP contribution < -0.4 is 0 Å². The summed E-state index contributed by atoms with van der Waals surface area (Å²) in [7, 11) is 1.06. The van der Waals surface area contributed by atoms with Gasteiger partial charge in [-0.1, -0.05) is 0 Å². The highest BCUT2D eigenvalue weighted by Gasteiger charge is 2.25. The van der Waals surface area contributed by atoms with Gasteiger partial charge in [0.05, 0.1) is 24.1 Å². The molecule has 0 aromatic carbocycles. The van der Waals surface area contributed by atoms with Crippen molar-refractivity contribution >= 4 is 17.6 Å². The minimum atomic E-state index is -2.90. The number of methoxy groups -OCH3 is 1. The molecule has 0 fully saturated rings. The zero-order valence-corrected chi connectivity index (χ0v) is 9.46. The number of aromatic nitrogens is 1. The molecule has 17 heavy (non-hydrogen) atoms. The number of carbonyl (C=O) groups is 1. The fourth-order valence-electron chi connectivity index (χ4n) is 1.30. The van der Waals surface area contributed by atoms with Gasteiger partial charge >= 0.3 is 5.97 Å². The second-order valence-electron chi connectivity index (χ2n) is 2.95. The lowest BCUT2D eigenvalue weighted by molar-refractivity contribution is 0.0588. The topological polar surface area (TPSA) is 63.0 Å². The van der Waals surface area contributed by atoms with Crippen LogP contribution in [0.1, 0.15) is 33.6 Å². The number of carbonyl (C=O) groups excluding carboxylic acids is 1. The van der Waals surface area contributed by atoms with Crippen LogP contribution >= 0.6 is 11.6 Å². The van der Waals surface area contributed by atoms with Crippen molar-refractivity contribution in [3.8, 4) is 6.07 Å². The van der Waals surface area contributed by atoms with Gasteiger partial charge in [0.15, 0.2) is 0 Å². The van der Waals surface area contributed by atoms with Gasteiger partial charge < -0.3 is 4.74 Å². The first-order valence-corrected chi connectivity index (χ1v) is 4.94. The standard InChI is InChI=1S/C10H7ClF2N2O2/c1-17-10(16)8-5(2-11)7(3-14)15-4-6(8)9(12)13/h4,9H,2H2,1H3. The minimum absolute atomic E-state index is 0.0428. The average molecular weight is 261 g/mol. The number of pyridine rings is 1. The van der Waals surface area contributed by atoms with E-state index in [1.54, 1.807) is 6.07 Å². The first-order chi connectivity index (χ1) is 8.06. The zero-order valence-electron chi connectivity index (χ0n) is 8.71. The molecule has 0 atom stereocenters. The van der Waals surface area contributed by atoms with Crippen LogP contribution in [-0.4, -0.2) is 18.1 Å². The Balaban J connectivity index is 3.57. The van der Waals surface area contributed by atoms with Gasteiger partial charge in [-0.05, 0) is 0 Å². The third-order valence-corrected chi connectivity index (χ3v) is 2.34. The molecule has 0 spiro atoms. The van der Waals surface area contributed by atoms with Crippen LogP contribution in [0.3, 0.4) is 0 Å². The van der Waals surface area contributed by atoms with Crippen molar-refractivity contribution in [2.75, 3.05) is 7.11 Å². The Bertz CT molecular complexity index is 486. The third kappa shape index (κ3) is 2.50. The third-order valence-electron chi connectivity index (χ3n) is 2.07. The molecule has 0 saturated heterocycles. The molecule has 0 aliphatic rings. The van der Waals surface area contributed by atoms with Crippen LogP contribution in [-0.2, 0) is 10.6 Å². The molecule has 1 heterocycles. The number of hydrogen-bond acceptors (Lipinski definition) is 4. The quantitative estimate of drug-likeness (QED) is 0.618. The molecule has 0 bridgehead atoms. The molecule has 0 amide bonds. The lowest BCUT2D eigenvalue weighted by atomic mass is 10.0. The van der Waals surface area contributed by atoms with E-state index < -0.39 is 18.0 Å². The monoisotopic (exact) mass is 260 g/mol. The summed E-state index contributed by atoms with van der Waals surface area (Å²) >= 11 is 5.55. The van der Waals surface area contributed by atoms with E-state index in [2.05, 4.69) is 9.72 Å². The van der Waals surface area contributed by atoms with Gasteiger partial charge in [0.1, 0.15) is 11.8 Å². The van der Waals surface area contributed by atoms with Crippen molar-refractivity contribution in [1.82, 2.24) is 4.98 Å². The molecule has 0 aliphatic heterocycles. The molecule has 7 heteroatoms. The number of nitriles is 1. The van der Waals surface area contributed by atoms with Gasteiger partial charge in [-0.2, -0.15) is 5.26 Å². The number of alkyl halides is 3. The maximum Gasteiger partial charge on any atom is 0.338 e. The van der Waals surface area contributed by atoms with Crippen LogP contribution in [0.5, 0.6) is 0 Å². The van der Waals surface area contributed by atoms with Crippen LogP contribution in [0.2, 0.25) is 0 Å². The predicted octanol–water partition coefficient (Wildman–Crippen LogP) is 2.42. The molecule has 1 aromatic rings. The Morgan fingerprint density at radius 3 is 2.76 bits per heavy atom. The first kappa shape index (κ1) is 13.3. The van der Waals surface area contributed by atoms with Crippen molar-refractivity contribution in [2.45, 2.75) is 12.3 Å². The number of halogens is 3. The molecule has 0 aliphatic carbocycles. The van der Waals surface area contributed by atoms with Crippen molar-refractivity contribution in [2.24, 2.45) is 0 Å². The average Bonchev–Trinajstić information content (AvgIpc) is 2.35. The number of nitrogens with zero attached hydrogens (tertiary/aromatic N) is 2. The highest BCUT2D eigenvalue weighted by molar-refractivity contribution is 6.18. The van der Waals surface area contributed by atoms with E-state index in [0.29, 0.717) is 0 Å². The number of rotatable bonds is 3. The lowest BCUT2D eigenvalue weighted by Crippen LogP contribution is -2.12. The molecule has 1 aromatic heterocycles. The van der Waals surface area contributed by atoms with E-state index in [-0.39, 0.29) is 22.7 Å². The van der Waals surface area contributed by atoms with E-state index in [1.807, 2.05) is 0 Å². The summed E-state index contributed by atoms with van der Waals surface area (Å²) in [4.78, 5) is 15.0. The summed E-state index contributed by atoms with van der Waals surface area (Å²) < 4.78 is 29.8. The highest BCUT2D eigenvalue weighted by atomic mass is 35.5. The zero-order chi connectivity index (χ0) is 13.0. The Morgan fingerprint density at radius 1 is 1.71 bits per heavy atom. The van der Waals surface area contributed by atoms with E-state index in [4.69, 9.17) is 16.9 Å². The molecule has 1 rings (SSSR count). The highest BCUT2D eigenvalue weighted by Crippen LogP contribution is 2.27. The van der Waals surface area contributed by atoms with Gasteiger partial charge in [0.25, 0.3) is 6.43 Å². The van der Waals surface area contributed by atoms with E-state index in [9.17, 15) is 13.6 Å². The van der Waals surface area contributed by atoms with Crippen molar-refractivity contribution in [1.29, 1.82) is 5.26 Å². The summed E-state index contributed by atoms with van der Waals surface area (Å²) in [6.45, 7) is 0. The van der Waals surface area contributed by atoms with Crippen LogP contribution in [0.4, 0.5) is 8.78 Å². The Hall–Kier alpha value is -1.74. The van der Waals surface area contributed by atoms with Crippen LogP contribution in [0.15, 0.2) is 6.20 Å². The first-order valence-electron chi connectivity index (χ1n) is 4.41. The maximum absolute atomic E-state index is 12.7. The molecule has 0 radical (unpaired) electrons. The summed E-state index contributed by atoms with van der Waals surface area (Å²) in [5.74, 6) is -1.24. The molecule has 0 unspecified atom stereocenters. The number of ether oxygens (including phenoxy) is 1. The fourth-order valence-corrected chi connectivity index (χ4v) is 1.56. The summed E-state index contributed by atoms with van der Waals surface area (Å²) in [5.41, 5.74) is -1.18. The number of esters is 1. The lowest BCUT2D eigenvalue weighted by Gasteiger charge is -2.11. The Kier molecular flexibility index (Phi) is 4.35. The van der Waals surface area contributed by atoms with Crippen molar-refractivity contribution < 1.29 is 18.3 Å². The van der Waals surface area contributed by atoms with Crippen molar-refractivity contribution in [3.63, 3.8) is 0 Å². The van der Waals surface area contributed by atoms with E-state index >= 15 is 0 Å². The van der Waals surface area contributed by atoms with E-state index in [0.717, 1.165) is 13.3 Å². The largest absolute Gasteiger partial charge is 0.465 e. The Morgan fingerprint density at radius 2 is 2.35 bits per heavy atom. The second kappa shape index (κ2) is 5.55. The Labute approximate surface area is 101 Å². The molecular formula is C10H7ClF2N2O2. The van der Waals surface area contributed by atoms with Gasteiger partial charge in [0, 0.05) is 11.8 Å². The van der Waals surface area contributed by atoms with Gasteiger partial charge in [-0.25, -0.2) is 18.6 Å². The summed E-state index contributed by atoms with van der Waals surface area (Å²) in [5, 5.41) is 8.75. The van der Waals surface area contributed by atoms with Gasteiger partial charge in [-0.3, -0.25) is 0 Å².